The highest BCUT2D eigenvalue weighted by molar-refractivity contribution is 4.79. The second-order valence-electron chi connectivity index (χ2n) is 6.36. The van der Waals surface area contributed by atoms with Crippen LogP contribution in [0.25, 0.3) is 0 Å². The quantitative estimate of drug-likeness (QED) is 0.275. The van der Waals surface area contributed by atoms with Gasteiger partial charge >= 0.3 is 0 Å². The van der Waals surface area contributed by atoms with Crippen molar-refractivity contribution in [1.29, 1.82) is 0 Å². The third kappa shape index (κ3) is 8.50. The second kappa shape index (κ2) is 14.5. The van der Waals surface area contributed by atoms with Crippen LogP contribution in [0.1, 0.15) is 84.5 Å². The summed E-state index contributed by atoms with van der Waals surface area (Å²) in [6.45, 7) is 5.29. The van der Waals surface area contributed by atoms with Crippen LogP contribution in [0.15, 0.2) is 0 Å². The van der Waals surface area contributed by atoms with Crippen LogP contribution in [0.3, 0.4) is 0 Å². The molecule has 0 fully saturated rings. The Bertz CT molecular complexity index is 227. The molecule has 0 aliphatic rings. The van der Waals surface area contributed by atoms with E-state index in [-0.39, 0.29) is 0 Å². The molecule has 0 heterocycles. The van der Waals surface area contributed by atoms with Crippen molar-refractivity contribution in [3.05, 3.63) is 0 Å². The van der Waals surface area contributed by atoms with Gasteiger partial charge in [-0.3, -0.25) is 0 Å². The average Bonchev–Trinajstić information content (AvgIpc) is 2.54. The molecule has 0 radical (unpaired) electrons. The highest BCUT2D eigenvalue weighted by Crippen LogP contribution is 2.35. The predicted molar refractivity (Wildman–Crippen MR) is 94.3 cm³/mol. The summed E-state index contributed by atoms with van der Waals surface area (Å²) < 4.78 is 16.9. The summed E-state index contributed by atoms with van der Waals surface area (Å²) in [6.07, 6.45) is 13.5. The molecule has 3 heteroatoms. The standard InChI is InChI=1S/C19H40O3/c1-6-8-9-10-11-12-14-18(15-13-17-20-3)19(21-4,22-5)16-7-2/h18H,6-17H2,1-5H3. The van der Waals surface area contributed by atoms with Gasteiger partial charge in [-0.25, -0.2) is 0 Å². The third-order valence-corrected chi connectivity index (χ3v) is 4.72. The van der Waals surface area contributed by atoms with Gasteiger partial charge in [0.15, 0.2) is 5.79 Å². The molecule has 0 spiro atoms. The smallest absolute Gasteiger partial charge is 0.170 e. The van der Waals surface area contributed by atoms with E-state index in [1.54, 1.807) is 21.3 Å². The molecular formula is C19H40O3. The summed E-state index contributed by atoms with van der Waals surface area (Å²) in [5.41, 5.74) is 0. The third-order valence-electron chi connectivity index (χ3n) is 4.72. The molecule has 22 heavy (non-hydrogen) atoms. The van der Waals surface area contributed by atoms with Crippen LogP contribution in [0.5, 0.6) is 0 Å². The van der Waals surface area contributed by atoms with Crippen LogP contribution in [0.2, 0.25) is 0 Å². The topological polar surface area (TPSA) is 27.7 Å². The van der Waals surface area contributed by atoms with Gasteiger partial charge in [-0.2, -0.15) is 0 Å². The van der Waals surface area contributed by atoms with E-state index in [0.29, 0.717) is 5.92 Å². The Labute approximate surface area is 139 Å². The zero-order valence-corrected chi connectivity index (χ0v) is 15.8. The number of rotatable bonds is 16. The van der Waals surface area contributed by atoms with E-state index >= 15 is 0 Å². The highest BCUT2D eigenvalue weighted by atomic mass is 16.7. The predicted octanol–water partition coefficient (Wildman–Crippen LogP) is 5.57. The average molecular weight is 317 g/mol. The van der Waals surface area contributed by atoms with Crippen LogP contribution in [0, 0.1) is 5.92 Å². The SMILES string of the molecule is CCCCCCCCC(CCCOC)C(CCC)(OC)OC. The van der Waals surface area contributed by atoms with Crippen molar-refractivity contribution >= 4 is 0 Å². The van der Waals surface area contributed by atoms with Crippen LogP contribution in [0.4, 0.5) is 0 Å². The summed E-state index contributed by atoms with van der Waals surface area (Å²) in [5.74, 6) is 0.0510. The largest absolute Gasteiger partial charge is 0.385 e. The summed E-state index contributed by atoms with van der Waals surface area (Å²) in [6, 6.07) is 0. The summed E-state index contributed by atoms with van der Waals surface area (Å²) >= 11 is 0. The van der Waals surface area contributed by atoms with Gasteiger partial charge in [0.1, 0.15) is 0 Å². The van der Waals surface area contributed by atoms with Crippen molar-refractivity contribution in [3.63, 3.8) is 0 Å². The fraction of sp³-hybridized carbons (Fsp3) is 1.00. The molecule has 3 nitrogen and oxygen atoms in total. The van der Waals surface area contributed by atoms with Crippen LogP contribution in [-0.2, 0) is 14.2 Å². The zero-order chi connectivity index (χ0) is 16.7. The monoisotopic (exact) mass is 316 g/mol. The van der Waals surface area contributed by atoms with E-state index in [0.717, 1.165) is 32.3 Å². The van der Waals surface area contributed by atoms with Gasteiger partial charge in [0.25, 0.3) is 0 Å². The van der Waals surface area contributed by atoms with Crippen LogP contribution >= 0.6 is 0 Å². The maximum absolute atomic E-state index is 5.85. The van der Waals surface area contributed by atoms with E-state index in [1.807, 2.05) is 0 Å². The highest BCUT2D eigenvalue weighted by Gasteiger charge is 2.37. The van der Waals surface area contributed by atoms with Gasteiger partial charge in [-0.15, -0.1) is 0 Å². The van der Waals surface area contributed by atoms with E-state index in [1.165, 1.54) is 44.9 Å². The molecule has 0 aromatic rings. The fourth-order valence-corrected chi connectivity index (χ4v) is 3.40. The lowest BCUT2D eigenvalue weighted by Gasteiger charge is -2.38. The van der Waals surface area contributed by atoms with Crippen molar-refractivity contribution in [2.45, 2.75) is 90.3 Å². The number of methoxy groups -OCH3 is 3. The minimum atomic E-state index is -0.411. The number of hydrogen-bond donors (Lipinski definition) is 0. The van der Waals surface area contributed by atoms with Crippen molar-refractivity contribution in [1.82, 2.24) is 0 Å². The Balaban J connectivity index is 4.44. The summed E-state index contributed by atoms with van der Waals surface area (Å²) in [5, 5.41) is 0. The molecule has 1 unspecified atom stereocenters. The Hall–Kier alpha value is -0.120. The molecule has 1 atom stereocenters. The van der Waals surface area contributed by atoms with Gasteiger partial charge < -0.3 is 14.2 Å². The van der Waals surface area contributed by atoms with Crippen LogP contribution in [-0.4, -0.2) is 33.7 Å². The minimum absolute atomic E-state index is 0.411. The molecule has 0 aliphatic heterocycles. The van der Waals surface area contributed by atoms with Gasteiger partial charge in [-0.05, 0) is 19.3 Å². The Morgan fingerprint density at radius 3 is 1.86 bits per heavy atom. The van der Waals surface area contributed by atoms with E-state index in [9.17, 15) is 0 Å². The number of hydrogen-bond acceptors (Lipinski definition) is 3. The normalized spacial score (nSPS) is 13.5. The molecule has 0 saturated heterocycles. The Kier molecular flexibility index (Phi) is 14.4. The molecule has 0 aromatic heterocycles. The first-order valence-electron chi connectivity index (χ1n) is 9.29. The first kappa shape index (κ1) is 21.9. The molecule has 0 amide bonds. The van der Waals surface area contributed by atoms with E-state index < -0.39 is 5.79 Å². The molecule has 0 N–H and O–H groups in total. The first-order valence-corrected chi connectivity index (χ1v) is 9.29. The van der Waals surface area contributed by atoms with E-state index in [2.05, 4.69) is 13.8 Å². The lowest BCUT2D eigenvalue weighted by molar-refractivity contribution is -0.247. The second-order valence-corrected chi connectivity index (χ2v) is 6.36. The molecule has 0 bridgehead atoms. The number of unbranched alkanes of at least 4 members (excludes halogenated alkanes) is 5. The molecular weight excluding hydrogens is 276 g/mol. The molecule has 0 aliphatic carbocycles. The lowest BCUT2D eigenvalue weighted by Crippen LogP contribution is -2.42. The van der Waals surface area contributed by atoms with Gasteiger partial charge in [0.05, 0.1) is 0 Å². The lowest BCUT2D eigenvalue weighted by atomic mass is 9.85. The minimum Gasteiger partial charge on any atom is -0.385 e. The summed E-state index contributed by atoms with van der Waals surface area (Å²) in [4.78, 5) is 0. The van der Waals surface area contributed by atoms with Crippen molar-refractivity contribution in [2.75, 3.05) is 27.9 Å². The first-order chi connectivity index (χ1) is 10.7. The summed E-state index contributed by atoms with van der Waals surface area (Å²) in [7, 11) is 5.36. The van der Waals surface area contributed by atoms with E-state index in [4.69, 9.17) is 14.2 Å². The van der Waals surface area contributed by atoms with Crippen LogP contribution < -0.4 is 0 Å². The molecule has 0 aromatic carbocycles. The molecule has 0 saturated carbocycles. The maximum atomic E-state index is 5.85. The van der Waals surface area contributed by atoms with Gasteiger partial charge in [0.2, 0.25) is 0 Å². The van der Waals surface area contributed by atoms with Crippen molar-refractivity contribution < 1.29 is 14.2 Å². The zero-order valence-electron chi connectivity index (χ0n) is 15.8. The Morgan fingerprint density at radius 2 is 1.32 bits per heavy atom. The van der Waals surface area contributed by atoms with Crippen molar-refractivity contribution in [3.8, 4) is 0 Å². The maximum Gasteiger partial charge on any atom is 0.170 e. The Morgan fingerprint density at radius 1 is 0.727 bits per heavy atom. The van der Waals surface area contributed by atoms with Gasteiger partial charge in [-0.1, -0.05) is 58.8 Å². The number of ether oxygens (including phenoxy) is 3. The molecule has 134 valence electrons. The van der Waals surface area contributed by atoms with Gasteiger partial charge in [0, 0.05) is 40.3 Å². The molecule has 0 rings (SSSR count). The fourth-order valence-electron chi connectivity index (χ4n) is 3.40. The van der Waals surface area contributed by atoms with Crippen molar-refractivity contribution in [2.24, 2.45) is 5.92 Å².